The first-order valence-corrected chi connectivity index (χ1v) is 6.00. The molecule has 0 aromatic heterocycles. The first-order chi connectivity index (χ1) is 8.75. The van der Waals surface area contributed by atoms with Gasteiger partial charge in [-0.15, -0.1) is 0 Å². The van der Waals surface area contributed by atoms with Gasteiger partial charge in [0.05, 0.1) is 0 Å². The number of hydrogen-bond acceptors (Lipinski definition) is 0. The summed E-state index contributed by atoms with van der Waals surface area (Å²) in [5, 5.41) is 2.39. The maximum atomic E-state index is 13.3. The van der Waals surface area contributed by atoms with Gasteiger partial charge in [0.2, 0.25) is 0 Å². The van der Waals surface area contributed by atoms with Crippen molar-refractivity contribution in [2.45, 2.75) is 6.92 Å². The largest absolute Gasteiger partial charge is 0.207 e. The monoisotopic (exact) mass is 236 g/mol. The molecule has 0 N–H and O–H groups in total. The molecule has 0 aliphatic heterocycles. The molecule has 0 atom stereocenters. The Balaban J connectivity index is 2.33. The number of hydrogen-bond donors (Lipinski definition) is 0. The lowest BCUT2D eigenvalue weighted by Gasteiger charge is -2.09. The van der Waals surface area contributed by atoms with Gasteiger partial charge in [-0.2, -0.15) is 0 Å². The molecule has 3 rings (SSSR count). The Morgan fingerprint density at radius 1 is 0.778 bits per heavy atom. The minimum Gasteiger partial charge on any atom is -0.207 e. The highest BCUT2D eigenvalue weighted by Gasteiger charge is 2.05. The highest BCUT2D eigenvalue weighted by Crippen LogP contribution is 2.30. The van der Waals surface area contributed by atoms with Crippen molar-refractivity contribution in [3.05, 3.63) is 72.0 Å². The van der Waals surface area contributed by atoms with E-state index in [0.29, 0.717) is 0 Å². The number of rotatable bonds is 1. The molecule has 3 aromatic rings. The molecule has 0 aliphatic carbocycles. The van der Waals surface area contributed by atoms with Crippen molar-refractivity contribution in [2.24, 2.45) is 0 Å². The lowest BCUT2D eigenvalue weighted by molar-refractivity contribution is 0.628. The fraction of sp³-hybridized carbons (Fsp3) is 0.0588. The molecule has 0 amide bonds. The predicted octanol–water partition coefficient (Wildman–Crippen LogP) is 4.95. The second-order valence-corrected chi connectivity index (χ2v) is 4.49. The maximum Gasteiger partial charge on any atom is 0.123 e. The van der Waals surface area contributed by atoms with Gasteiger partial charge >= 0.3 is 0 Å². The quantitative estimate of drug-likeness (QED) is 0.560. The van der Waals surface area contributed by atoms with Crippen LogP contribution < -0.4 is 0 Å². The molecule has 0 radical (unpaired) electrons. The number of halogens is 1. The molecule has 0 saturated carbocycles. The summed E-state index contributed by atoms with van der Waals surface area (Å²) >= 11 is 0. The van der Waals surface area contributed by atoms with Crippen LogP contribution in [0.25, 0.3) is 21.9 Å². The molecular formula is C17H13F. The Kier molecular flexibility index (Phi) is 2.60. The summed E-state index contributed by atoms with van der Waals surface area (Å²) < 4.78 is 13.3. The molecule has 0 unspecified atom stereocenters. The van der Waals surface area contributed by atoms with Gasteiger partial charge < -0.3 is 0 Å². The van der Waals surface area contributed by atoms with Crippen molar-refractivity contribution in [2.75, 3.05) is 0 Å². The molecule has 0 aliphatic rings. The van der Waals surface area contributed by atoms with Gasteiger partial charge in [-0.25, -0.2) is 4.39 Å². The Labute approximate surface area is 106 Å². The first kappa shape index (κ1) is 11.0. The second-order valence-electron chi connectivity index (χ2n) is 4.49. The summed E-state index contributed by atoms with van der Waals surface area (Å²) in [5.74, 6) is -0.197. The number of aryl methyl sites for hydroxylation is 1. The lowest BCUT2D eigenvalue weighted by atomic mass is 9.95. The van der Waals surface area contributed by atoms with Crippen molar-refractivity contribution in [1.82, 2.24) is 0 Å². The minimum atomic E-state index is -0.197. The average molecular weight is 236 g/mol. The minimum absolute atomic E-state index is 0.197. The zero-order valence-corrected chi connectivity index (χ0v) is 10.2. The summed E-state index contributed by atoms with van der Waals surface area (Å²) in [7, 11) is 0. The van der Waals surface area contributed by atoms with E-state index >= 15 is 0 Å². The van der Waals surface area contributed by atoms with Crippen molar-refractivity contribution in [3.63, 3.8) is 0 Å². The fourth-order valence-corrected chi connectivity index (χ4v) is 2.36. The Morgan fingerprint density at radius 3 is 2.33 bits per heavy atom. The molecule has 18 heavy (non-hydrogen) atoms. The number of benzene rings is 3. The molecule has 1 heteroatoms. The smallest absolute Gasteiger partial charge is 0.123 e. The van der Waals surface area contributed by atoms with Gasteiger partial charge in [0.1, 0.15) is 5.82 Å². The molecular weight excluding hydrogens is 223 g/mol. The van der Waals surface area contributed by atoms with Crippen molar-refractivity contribution >= 4 is 10.8 Å². The van der Waals surface area contributed by atoms with Gasteiger partial charge in [-0.1, -0.05) is 48.5 Å². The molecule has 0 bridgehead atoms. The fourth-order valence-electron chi connectivity index (χ4n) is 2.36. The van der Waals surface area contributed by atoms with E-state index in [2.05, 4.69) is 31.2 Å². The van der Waals surface area contributed by atoms with Crippen LogP contribution in [-0.2, 0) is 0 Å². The zero-order valence-electron chi connectivity index (χ0n) is 10.2. The van der Waals surface area contributed by atoms with E-state index in [1.165, 1.54) is 22.4 Å². The number of fused-ring (bicyclic) bond motifs is 1. The van der Waals surface area contributed by atoms with Crippen LogP contribution in [0.5, 0.6) is 0 Å². The van der Waals surface area contributed by atoms with Crippen molar-refractivity contribution in [3.8, 4) is 11.1 Å². The van der Waals surface area contributed by atoms with Gasteiger partial charge in [0.25, 0.3) is 0 Å². The van der Waals surface area contributed by atoms with E-state index in [1.807, 2.05) is 18.2 Å². The van der Waals surface area contributed by atoms with E-state index in [-0.39, 0.29) is 5.82 Å². The Hall–Kier alpha value is -2.15. The molecule has 0 saturated heterocycles. The topological polar surface area (TPSA) is 0 Å². The van der Waals surface area contributed by atoms with Crippen LogP contribution in [0.1, 0.15) is 5.56 Å². The third-order valence-corrected chi connectivity index (χ3v) is 3.28. The average Bonchev–Trinajstić information content (AvgIpc) is 2.39. The first-order valence-electron chi connectivity index (χ1n) is 6.00. The van der Waals surface area contributed by atoms with Crippen LogP contribution in [0.3, 0.4) is 0 Å². The Bertz CT molecular complexity index is 714. The summed E-state index contributed by atoms with van der Waals surface area (Å²) in [6.07, 6.45) is 0. The van der Waals surface area contributed by atoms with Gasteiger partial charge in [0.15, 0.2) is 0 Å². The Morgan fingerprint density at radius 2 is 1.56 bits per heavy atom. The van der Waals surface area contributed by atoms with Crippen LogP contribution in [0, 0.1) is 12.7 Å². The third kappa shape index (κ3) is 1.78. The predicted molar refractivity (Wildman–Crippen MR) is 74.1 cm³/mol. The highest BCUT2D eigenvalue weighted by atomic mass is 19.1. The van der Waals surface area contributed by atoms with Crippen LogP contribution in [0.15, 0.2) is 60.7 Å². The normalized spacial score (nSPS) is 10.8. The van der Waals surface area contributed by atoms with E-state index in [4.69, 9.17) is 0 Å². The summed E-state index contributed by atoms with van der Waals surface area (Å²) in [6, 6.07) is 19.1. The van der Waals surface area contributed by atoms with Gasteiger partial charge in [0, 0.05) is 0 Å². The van der Waals surface area contributed by atoms with Crippen LogP contribution in [0.2, 0.25) is 0 Å². The summed E-state index contributed by atoms with van der Waals surface area (Å²) in [4.78, 5) is 0. The van der Waals surface area contributed by atoms with Crippen LogP contribution in [0.4, 0.5) is 4.39 Å². The maximum absolute atomic E-state index is 13.3. The van der Waals surface area contributed by atoms with Crippen molar-refractivity contribution < 1.29 is 4.39 Å². The lowest BCUT2D eigenvalue weighted by Crippen LogP contribution is -1.85. The SMILES string of the molecule is Cc1ccc(-c2cccc(F)c2)c2ccccc12. The summed E-state index contributed by atoms with van der Waals surface area (Å²) in [6.45, 7) is 2.09. The molecule has 0 nitrogen and oxygen atoms in total. The summed E-state index contributed by atoms with van der Waals surface area (Å²) in [5.41, 5.74) is 3.24. The molecule has 0 fully saturated rings. The van der Waals surface area contributed by atoms with E-state index < -0.39 is 0 Å². The molecule has 88 valence electrons. The van der Waals surface area contributed by atoms with Crippen LogP contribution in [-0.4, -0.2) is 0 Å². The van der Waals surface area contributed by atoms with Gasteiger partial charge in [-0.05, 0) is 46.5 Å². The zero-order chi connectivity index (χ0) is 12.5. The second kappa shape index (κ2) is 4.26. The third-order valence-electron chi connectivity index (χ3n) is 3.28. The molecule has 0 heterocycles. The highest BCUT2D eigenvalue weighted by molar-refractivity contribution is 5.98. The van der Waals surface area contributed by atoms with E-state index in [0.717, 1.165) is 11.1 Å². The molecule has 3 aromatic carbocycles. The molecule has 0 spiro atoms. The van der Waals surface area contributed by atoms with E-state index in [1.54, 1.807) is 12.1 Å². The van der Waals surface area contributed by atoms with Crippen LogP contribution >= 0.6 is 0 Å². The standard InChI is InChI=1S/C17H13F/c1-12-9-10-16(13-5-4-6-14(18)11-13)17-8-3-2-7-15(12)17/h2-11H,1H3. The van der Waals surface area contributed by atoms with E-state index in [9.17, 15) is 4.39 Å². The van der Waals surface area contributed by atoms with Gasteiger partial charge in [-0.3, -0.25) is 0 Å². The van der Waals surface area contributed by atoms with Crippen molar-refractivity contribution in [1.29, 1.82) is 0 Å².